The van der Waals surface area contributed by atoms with Gasteiger partial charge in [0.05, 0.1) is 11.4 Å². The first-order valence-corrected chi connectivity index (χ1v) is 13.1. The summed E-state index contributed by atoms with van der Waals surface area (Å²) < 4.78 is 11.0. The summed E-state index contributed by atoms with van der Waals surface area (Å²) >= 11 is 1.23. The summed E-state index contributed by atoms with van der Waals surface area (Å²) in [5, 5.41) is 7.97. The number of oxime groups is 1. The number of aromatic nitrogens is 2. The van der Waals surface area contributed by atoms with Gasteiger partial charge in [0.25, 0.3) is 5.91 Å². The van der Waals surface area contributed by atoms with Crippen molar-refractivity contribution in [3.63, 3.8) is 0 Å². The lowest BCUT2D eigenvalue weighted by Gasteiger charge is -2.14. The first kappa shape index (κ1) is 25.7. The van der Waals surface area contributed by atoms with E-state index in [-0.39, 0.29) is 31.2 Å². The third-order valence-corrected chi connectivity index (χ3v) is 7.16. The largest absolute Gasteiger partial charge is 0.454 e. The number of nitrogens with two attached hydrogens (primary N) is 1. The maximum Gasteiger partial charge on any atom is 0.261 e. The quantitative estimate of drug-likeness (QED) is 0.223. The van der Waals surface area contributed by atoms with Gasteiger partial charge < -0.3 is 35.2 Å². The van der Waals surface area contributed by atoms with Gasteiger partial charge in [-0.25, -0.2) is 9.97 Å². The molecule has 2 aliphatic heterocycles. The van der Waals surface area contributed by atoms with Gasteiger partial charge in [0.2, 0.25) is 18.6 Å². The van der Waals surface area contributed by atoms with E-state index in [1.165, 1.54) is 11.3 Å². The normalized spacial score (nSPS) is 15.1. The number of likely N-dealkylation sites (tertiary alicyclic amines) is 1. The Morgan fingerprint density at radius 3 is 2.89 bits per heavy atom. The smallest absolute Gasteiger partial charge is 0.261 e. The molecule has 1 aromatic carbocycles. The third kappa shape index (κ3) is 5.63. The molecular formula is C25H29N7O5S. The van der Waals surface area contributed by atoms with Crippen LogP contribution in [0.5, 0.6) is 11.5 Å². The van der Waals surface area contributed by atoms with E-state index in [9.17, 15) is 9.59 Å². The van der Waals surface area contributed by atoms with Crippen molar-refractivity contribution < 1.29 is 23.9 Å². The minimum absolute atomic E-state index is 0.0463. The Labute approximate surface area is 223 Å². The molecule has 1 fully saturated rings. The topological polar surface area (TPSA) is 144 Å². The van der Waals surface area contributed by atoms with Crippen LogP contribution in [0.1, 0.15) is 33.8 Å². The maximum absolute atomic E-state index is 12.8. The van der Waals surface area contributed by atoms with Crippen LogP contribution in [0, 0.1) is 0 Å². The van der Waals surface area contributed by atoms with Crippen LogP contribution in [0.15, 0.2) is 29.4 Å². The number of hydrogen-bond donors (Lipinski definition) is 2. The molecule has 3 N–H and O–H groups in total. The average molecular weight is 540 g/mol. The molecule has 12 nitrogen and oxygen atoms in total. The standard InChI is InChI=1S/C25H29N7O5S/c1-31(2)9-7-27-23(34)19-13-16-22(28-25(26)29-24(16)38-19)21(15-5-6-17-18(12-15)36-14-35-17)30-37-11-10-32-8-3-4-20(32)33/h5-6,12-13H,3-4,7-11,14H2,1-2H3,(H,27,34)(H2,26,28,29)/b30-21-. The van der Waals surface area contributed by atoms with E-state index in [0.29, 0.717) is 63.1 Å². The van der Waals surface area contributed by atoms with Crippen LogP contribution in [0.3, 0.4) is 0 Å². The van der Waals surface area contributed by atoms with Crippen LogP contribution < -0.4 is 20.5 Å². The van der Waals surface area contributed by atoms with E-state index in [1.807, 2.05) is 25.1 Å². The Morgan fingerprint density at radius 1 is 1.26 bits per heavy atom. The number of nitrogens with zero attached hydrogens (tertiary/aromatic N) is 5. The van der Waals surface area contributed by atoms with Crippen LogP contribution in [0.4, 0.5) is 5.95 Å². The highest BCUT2D eigenvalue weighted by molar-refractivity contribution is 7.20. The van der Waals surface area contributed by atoms with E-state index in [1.54, 1.807) is 23.1 Å². The van der Waals surface area contributed by atoms with Crippen molar-refractivity contribution in [2.24, 2.45) is 5.16 Å². The molecule has 0 radical (unpaired) electrons. The Balaban J connectivity index is 1.47. The lowest BCUT2D eigenvalue weighted by Crippen LogP contribution is -2.30. The van der Waals surface area contributed by atoms with Crippen molar-refractivity contribution in [2.45, 2.75) is 12.8 Å². The minimum atomic E-state index is -0.201. The number of nitrogens with one attached hydrogen (secondary N) is 1. The zero-order valence-electron chi connectivity index (χ0n) is 21.2. The fraction of sp³-hybridized carbons (Fsp3) is 0.400. The first-order chi connectivity index (χ1) is 18.4. The lowest BCUT2D eigenvalue weighted by atomic mass is 10.0. The number of fused-ring (bicyclic) bond motifs is 2. The van der Waals surface area contributed by atoms with Crippen molar-refractivity contribution in [1.29, 1.82) is 0 Å². The van der Waals surface area contributed by atoms with Gasteiger partial charge in [0.15, 0.2) is 11.5 Å². The number of rotatable bonds is 10. The molecule has 0 aliphatic carbocycles. The van der Waals surface area contributed by atoms with Crippen molar-refractivity contribution in [1.82, 2.24) is 25.1 Å². The van der Waals surface area contributed by atoms with Crippen LogP contribution in [-0.4, -0.2) is 91.0 Å². The zero-order chi connectivity index (χ0) is 26.6. The molecule has 3 aromatic rings. The van der Waals surface area contributed by atoms with E-state index >= 15 is 0 Å². The van der Waals surface area contributed by atoms with E-state index in [0.717, 1.165) is 19.5 Å². The molecule has 0 bridgehead atoms. The summed E-state index contributed by atoms with van der Waals surface area (Å²) in [4.78, 5) is 44.1. The molecule has 0 spiro atoms. The SMILES string of the molecule is CN(C)CCNC(=O)c1cc2c(/C(=N\OCCN3CCCC3=O)c3ccc4c(c3)OCO4)nc(N)nc2s1. The van der Waals surface area contributed by atoms with Crippen LogP contribution >= 0.6 is 11.3 Å². The number of likely N-dealkylation sites (N-methyl/N-ethyl adjacent to an activating group) is 1. The molecule has 2 aromatic heterocycles. The van der Waals surface area contributed by atoms with E-state index in [2.05, 4.69) is 20.4 Å². The summed E-state index contributed by atoms with van der Waals surface area (Å²) in [5.74, 6) is 1.16. The summed E-state index contributed by atoms with van der Waals surface area (Å²) in [6.45, 7) is 2.74. The molecule has 38 heavy (non-hydrogen) atoms. The van der Waals surface area contributed by atoms with E-state index in [4.69, 9.17) is 20.0 Å². The van der Waals surface area contributed by atoms with Gasteiger partial charge in [0.1, 0.15) is 22.8 Å². The van der Waals surface area contributed by atoms with E-state index < -0.39 is 0 Å². The molecule has 0 atom stereocenters. The number of benzene rings is 1. The number of ether oxygens (including phenoxy) is 2. The van der Waals surface area contributed by atoms with Gasteiger partial charge in [-0.05, 0) is 44.8 Å². The highest BCUT2D eigenvalue weighted by Gasteiger charge is 2.23. The maximum atomic E-state index is 12.8. The number of thiophene rings is 1. The second-order valence-electron chi connectivity index (χ2n) is 9.14. The van der Waals surface area contributed by atoms with Gasteiger partial charge in [-0.3, -0.25) is 9.59 Å². The molecule has 5 rings (SSSR count). The molecule has 200 valence electrons. The molecule has 0 saturated carbocycles. The summed E-state index contributed by atoms with van der Waals surface area (Å²) in [5.41, 5.74) is 7.56. The number of carbonyl (C=O) groups excluding carboxylic acids is 2. The first-order valence-electron chi connectivity index (χ1n) is 12.3. The molecule has 0 unspecified atom stereocenters. The summed E-state index contributed by atoms with van der Waals surface area (Å²) in [6, 6.07) is 7.14. The number of amides is 2. The third-order valence-electron chi connectivity index (χ3n) is 6.13. The second kappa shape index (κ2) is 11.2. The number of nitrogen functional groups attached to an aromatic ring is 1. The van der Waals surface area contributed by atoms with Gasteiger partial charge >= 0.3 is 0 Å². The van der Waals surface area contributed by atoms with Crippen molar-refractivity contribution >= 4 is 45.0 Å². The highest BCUT2D eigenvalue weighted by Crippen LogP contribution is 2.34. The Bertz CT molecular complexity index is 1390. The minimum Gasteiger partial charge on any atom is -0.454 e. The lowest BCUT2D eigenvalue weighted by molar-refractivity contribution is -0.128. The fourth-order valence-corrected chi connectivity index (χ4v) is 5.14. The van der Waals surface area contributed by atoms with Crippen molar-refractivity contribution in [3.05, 3.63) is 40.4 Å². The zero-order valence-corrected chi connectivity index (χ0v) is 22.0. The Kier molecular flexibility index (Phi) is 7.56. The van der Waals surface area contributed by atoms with Crippen LogP contribution in [0.25, 0.3) is 10.2 Å². The summed E-state index contributed by atoms with van der Waals surface area (Å²) in [6.07, 6.45) is 1.42. The highest BCUT2D eigenvalue weighted by atomic mass is 32.1. The molecule has 1 saturated heterocycles. The second-order valence-corrected chi connectivity index (χ2v) is 10.2. The molecule has 13 heteroatoms. The average Bonchev–Trinajstić information content (AvgIpc) is 3.62. The molecule has 2 amide bonds. The predicted octanol–water partition coefficient (Wildman–Crippen LogP) is 1.69. The van der Waals surface area contributed by atoms with Gasteiger partial charge in [-0.1, -0.05) is 5.16 Å². The van der Waals surface area contributed by atoms with Crippen molar-refractivity contribution in [2.75, 3.05) is 59.4 Å². The Hall–Kier alpha value is -3.97. The van der Waals surface area contributed by atoms with Gasteiger partial charge in [0, 0.05) is 37.0 Å². The molecule has 4 heterocycles. The van der Waals surface area contributed by atoms with Crippen LogP contribution in [-0.2, 0) is 9.63 Å². The van der Waals surface area contributed by atoms with Crippen LogP contribution in [0.2, 0.25) is 0 Å². The molecule has 2 aliphatic rings. The molecular weight excluding hydrogens is 510 g/mol. The monoisotopic (exact) mass is 539 g/mol. The van der Waals surface area contributed by atoms with Gasteiger partial charge in [-0.2, -0.15) is 0 Å². The van der Waals surface area contributed by atoms with Gasteiger partial charge in [-0.15, -0.1) is 11.3 Å². The fourth-order valence-electron chi connectivity index (χ4n) is 4.19. The Morgan fingerprint density at radius 2 is 2.11 bits per heavy atom. The predicted molar refractivity (Wildman–Crippen MR) is 143 cm³/mol. The number of anilines is 1. The number of carbonyl (C=O) groups is 2. The van der Waals surface area contributed by atoms with Crippen molar-refractivity contribution in [3.8, 4) is 11.5 Å². The summed E-state index contributed by atoms with van der Waals surface area (Å²) in [7, 11) is 3.89. The number of hydrogen-bond acceptors (Lipinski definition) is 11.